The van der Waals surface area contributed by atoms with Crippen molar-refractivity contribution < 1.29 is 4.79 Å². The molecule has 3 aromatic rings. The second kappa shape index (κ2) is 7.19. The Morgan fingerprint density at radius 1 is 1.30 bits per heavy atom. The summed E-state index contributed by atoms with van der Waals surface area (Å²) in [7, 11) is 1.89. The summed E-state index contributed by atoms with van der Waals surface area (Å²) in [4.78, 5) is 13.4. The van der Waals surface area contributed by atoms with Crippen LogP contribution in [0.15, 0.2) is 48.1 Å². The van der Waals surface area contributed by atoms with Gasteiger partial charge in [0, 0.05) is 29.6 Å². The topological polar surface area (TPSA) is 59.8 Å². The van der Waals surface area contributed by atoms with E-state index in [1.54, 1.807) is 17.7 Å². The molecule has 0 aliphatic heterocycles. The first-order valence-electron chi connectivity index (χ1n) is 7.49. The Kier molecular flexibility index (Phi) is 4.83. The molecule has 0 unspecified atom stereocenters. The third-order valence-corrected chi connectivity index (χ3v) is 4.46. The summed E-state index contributed by atoms with van der Waals surface area (Å²) in [6.07, 6.45) is 3.98. The first-order valence-corrected chi connectivity index (χ1v) is 8.37. The maximum absolute atomic E-state index is 12.1. The summed E-state index contributed by atoms with van der Waals surface area (Å²) in [5.74, 6) is 0.815. The molecule has 23 heavy (non-hydrogen) atoms. The van der Waals surface area contributed by atoms with E-state index in [1.165, 1.54) is 4.88 Å². The molecule has 0 saturated heterocycles. The van der Waals surface area contributed by atoms with Crippen LogP contribution in [0.1, 0.15) is 17.7 Å². The molecule has 5 nitrogen and oxygen atoms in total. The number of nitrogens with one attached hydrogen (secondary N) is 1. The van der Waals surface area contributed by atoms with E-state index in [9.17, 15) is 4.79 Å². The van der Waals surface area contributed by atoms with Crippen molar-refractivity contribution in [3.8, 4) is 11.4 Å². The Hall–Kier alpha value is -2.47. The number of rotatable bonds is 6. The monoisotopic (exact) mass is 326 g/mol. The number of thiophene rings is 1. The van der Waals surface area contributed by atoms with Crippen LogP contribution in [0.25, 0.3) is 11.4 Å². The number of anilines is 1. The van der Waals surface area contributed by atoms with Gasteiger partial charge in [0.1, 0.15) is 6.33 Å². The summed E-state index contributed by atoms with van der Waals surface area (Å²) >= 11 is 1.73. The average Bonchev–Trinajstić information content (AvgIpc) is 3.19. The lowest BCUT2D eigenvalue weighted by molar-refractivity contribution is -0.116. The number of benzene rings is 1. The number of amides is 1. The molecule has 2 aromatic heterocycles. The van der Waals surface area contributed by atoms with Gasteiger partial charge in [-0.3, -0.25) is 4.79 Å². The van der Waals surface area contributed by atoms with Crippen molar-refractivity contribution >= 4 is 22.9 Å². The summed E-state index contributed by atoms with van der Waals surface area (Å²) in [6.45, 7) is 0. The van der Waals surface area contributed by atoms with Gasteiger partial charge in [0.15, 0.2) is 5.82 Å². The highest BCUT2D eigenvalue weighted by Gasteiger charge is 2.07. The van der Waals surface area contributed by atoms with E-state index in [1.807, 2.05) is 41.9 Å². The molecule has 0 aliphatic carbocycles. The van der Waals surface area contributed by atoms with Gasteiger partial charge in [-0.15, -0.1) is 21.5 Å². The number of hydrogen-bond acceptors (Lipinski definition) is 4. The predicted octanol–water partition coefficient (Wildman–Crippen LogP) is 3.51. The van der Waals surface area contributed by atoms with Gasteiger partial charge in [-0.05, 0) is 36.4 Å². The van der Waals surface area contributed by atoms with Gasteiger partial charge >= 0.3 is 0 Å². The molecule has 118 valence electrons. The summed E-state index contributed by atoms with van der Waals surface area (Å²) < 4.78 is 1.85. The van der Waals surface area contributed by atoms with E-state index in [4.69, 9.17) is 0 Å². The minimum atomic E-state index is 0.0386. The quantitative estimate of drug-likeness (QED) is 0.754. The summed E-state index contributed by atoms with van der Waals surface area (Å²) in [5.41, 5.74) is 1.72. The van der Waals surface area contributed by atoms with E-state index in [-0.39, 0.29) is 5.91 Å². The van der Waals surface area contributed by atoms with Gasteiger partial charge in [0.05, 0.1) is 0 Å². The molecule has 0 bridgehead atoms. The van der Waals surface area contributed by atoms with Crippen molar-refractivity contribution in [1.82, 2.24) is 14.8 Å². The molecular weight excluding hydrogens is 308 g/mol. The molecule has 1 N–H and O–H groups in total. The maximum Gasteiger partial charge on any atom is 0.224 e. The van der Waals surface area contributed by atoms with E-state index < -0.39 is 0 Å². The molecule has 1 amide bonds. The van der Waals surface area contributed by atoms with Gasteiger partial charge in [0.2, 0.25) is 5.91 Å². The fourth-order valence-corrected chi connectivity index (χ4v) is 3.13. The van der Waals surface area contributed by atoms with Crippen LogP contribution in [0, 0.1) is 0 Å². The zero-order chi connectivity index (χ0) is 16.1. The molecule has 0 spiro atoms. The molecule has 3 rings (SSSR count). The second-order valence-corrected chi connectivity index (χ2v) is 6.36. The molecule has 2 heterocycles. The molecule has 6 heteroatoms. The Morgan fingerprint density at radius 3 is 2.96 bits per heavy atom. The lowest BCUT2D eigenvalue weighted by Crippen LogP contribution is -2.11. The third-order valence-electron chi connectivity index (χ3n) is 3.52. The maximum atomic E-state index is 12.1. The Labute approximate surface area is 139 Å². The van der Waals surface area contributed by atoms with Crippen LogP contribution in [0.3, 0.4) is 0 Å². The van der Waals surface area contributed by atoms with Gasteiger partial charge in [-0.2, -0.15) is 0 Å². The van der Waals surface area contributed by atoms with E-state index >= 15 is 0 Å². The number of aryl methyl sites for hydroxylation is 2. The van der Waals surface area contributed by atoms with Crippen molar-refractivity contribution in [1.29, 1.82) is 0 Å². The second-order valence-electron chi connectivity index (χ2n) is 5.33. The van der Waals surface area contributed by atoms with Crippen molar-refractivity contribution in [3.05, 3.63) is 53.0 Å². The standard InChI is InChI=1S/C17H18N4OS/c1-21-12-18-20-17(21)13-5-2-6-14(11-13)19-16(22)9-3-7-15-8-4-10-23-15/h2,4-6,8,10-12H,3,7,9H2,1H3,(H,19,22). The minimum Gasteiger partial charge on any atom is -0.326 e. The van der Waals surface area contributed by atoms with E-state index in [2.05, 4.69) is 27.0 Å². The highest BCUT2D eigenvalue weighted by Crippen LogP contribution is 2.20. The SMILES string of the molecule is Cn1cnnc1-c1cccc(NC(=O)CCCc2cccs2)c1. The van der Waals surface area contributed by atoms with Crippen molar-refractivity contribution in [2.24, 2.45) is 7.05 Å². The number of carbonyl (C=O) groups is 1. The molecular formula is C17H18N4OS. The van der Waals surface area contributed by atoms with Gasteiger partial charge in [0.25, 0.3) is 0 Å². The van der Waals surface area contributed by atoms with Gasteiger partial charge < -0.3 is 9.88 Å². The first kappa shape index (κ1) is 15.4. The third kappa shape index (κ3) is 4.04. The molecule has 1 aromatic carbocycles. The number of carbonyl (C=O) groups excluding carboxylic acids is 1. The number of nitrogens with zero attached hydrogens (tertiary/aromatic N) is 3. The van der Waals surface area contributed by atoms with E-state index in [0.717, 1.165) is 29.9 Å². The largest absolute Gasteiger partial charge is 0.326 e. The smallest absolute Gasteiger partial charge is 0.224 e. The number of aromatic nitrogens is 3. The average molecular weight is 326 g/mol. The lowest BCUT2D eigenvalue weighted by Gasteiger charge is -2.07. The van der Waals surface area contributed by atoms with Crippen LogP contribution in [-0.2, 0) is 18.3 Å². The predicted molar refractivity (Wildman–Crippen MR) is 92.3 cm³/mol. The normalized spacial score (nSPS) is 10.7. The molecule has 0 aliphatic rings. The Bertz CT molecular complexity index is 780. The lowest BCUT2D eigenvalue weighted by atomic mass is 10.1. The van der Waals surface area contributed by atoms with Crippen LogP contribution in [0.2, 0.25) is 0 Å². The van der Waals surface area contributed by atoms with Crippen LogP contribution in [-0.4, -0.2) is 20.7 Å². The molecule has 0 saturated carbocycles. The summed E-state index contributed by atoms with van der Waals surface area (Å²) in [6, 6.07) is 11.8. The van der Waals surface area contributed by atoms with Gasteiger partial charge in [-0.25, -0.2) is 0 Å². The van der Waals surface area contributed by atoms with Crippen LogP contribution in [0.4, 0.5) is 5.69 Å². The molecule has 0 atom stereocenters. The van der Waals surface area contributed by atoms with Crippen LogP contribution >= 0.6 is 11.3 Å². The van der Waals surface area contributed by atoms with Crippen molar-refractivity contribution in [2.75, 3.05) is 5.32 Å². The van der Waals surface area contributed by atoms with Crippen molar-refractivity contribution in [2.45, 2.75) is 19.3 Å². The van der Waals surface area contributed by atoms with Crippen LogP contribution in [0.5, 0.6) is 0 Å². The fraction of sp³-hybridized carbons (Fsp3) is 0.235. The molecule has 0 fully saturated rings. The Morgan fingerprint density at radius 2 is 2.22 bits per heavy atom. The highest BCUT2D eigenvalue weighted by atomic mass is 32.1. The first-order chi connectivity index (χ1) is 11.2. The Balaban J connectivity index is 1.57. The minimum absolute atomic E-state index is 0.0386. The van der Waals surface area contributed by atoms with E-state index in [0.29, 0.717) is 6.42 Å². The fourth-order valence-electron chi connectivity index (χ4n) is 2.38. The highest BCUT2D eigenvalue weighted by molar-refractivity contribution is 7.09. The zero-order valence-corrected chi connectivity index (χ0v) is 13.7. The zero-order valence-electron chi connectivity index (χ0n) is 12.9. The summed E-state index contributed by atoms with van der Waals surface area (Å²) in [5, 5.41) is 13.0. The van der Waals surface area contributed by atoms with Crippen LogP contribution < -0.4 is 5.32 Å². The molecule has 0 radical (unpaired) electrons. The van der Waals surface area contributed by atoms with Crippen molar-refractivity contribution in [3.63, 3.8) is 0 Å². The van der Waals surface area contributed by atoms with Gasteiger partial charge in [-0.1, -0.05) is 18.2 Å². The number of hydrogen-bond donors (Lipinski definition) is 1.